The average Bonchev–Trinajstić information content (AvgIpc) is 2.42. The zero-order chi connectivity index (χ0) is 15.0. The van der Waals surface area contributed by atoms with Gasteiger partial charge in [0.25, 0.3) is 0 Å². The van der Waals surface area contributed by atoms with Gasteiger partial charge in [0.05, 0.1) is 0 Å². The van der Waals surface area contributed by atoms with Crippen LogP contribution in [-0.2, 0) is 0 Å². The predicted molar refractivity (Wildman–Crippen MR) is 90.6 cm³/mol. The van der Waals surface area contributed by atoms with Gasteiger partial charge in [0.1, 0.15) is 0 Å². The molecule has 0 amide bonds. The molecule has 0 aliphatic heterocycles. The maximum atomic E-state index is 3.97. The van der Waals surface area contributed by atoms with Crippen molar-refractivity contribution in [3.8, 4) is 0 Å². The third-order valence-corrected chi connectivity index (χ3v) is 3.71. The summed E-state index contributed by atoms with van der Waals surface area (Å²) in [5.74, 6) is 0. The van der Waals surface area contributed by atoms with E-state index in [4.69, 9.17) is 0 Å². The van der Waals surface area contributed by atoms with Gasteiger partial charge in [-0.05, 0) is 38.3 Å². The van der Waals surface area contributed by atoms with Crippen molar-refractivity contribution in [3.63, 3.8) is 0 Å². The Kier molecular flexibility index (Phi) is 6.57. The van der Waals surface area contributed by atoms with Gasteiger partial charge in [0.15, 0.2) is 0 Å². The van der Waals surface area contributed by atoms with Gasteiger partial charge < -0.3 is 5.32 Å². The standard InChI is InChI=1S/C19H29N/c1-6-8-15-20-18-11-13-19(5,14-12-18)17(7-2)10-9-16(3)4/h7,9-13,20H,2,6,8,14-15H2,1,3-5H3/b17-10+. The van der Waals surface area contributed by atoms with Crippen LogP contribution in [0.5, 0.6) is 0 Å². The van der Waals surface area contributed by atoms with E-state index in [2.05, 4.69) is 70.0 Å². The molecular formula is C19H29N. The van der Waals surface area contributed by atoms with Gasteiger partial charge in [-0.15, -0.1) is 0 Å². The number of hydrogen-bond acceptors (Lipinski definition) is 1. The van der Waals surface area contributed by atoms with E-state index in [1.165, 1.54) is 29.7 Å². The van der Waals surface area contributed by atoms with Crippen LogP contribution in [-0.4, -0.2) is 6.54 Å². The largest absolute Gasteiger partial charge is 0.385 e. The minimum absolute atomic E-state index is 0.0592. The Morgan fingerprint density at radius 1 is 1.40 bits per heavy atom. The fourth-order valence-corrected chi connectivity index (χ4v) is 2.23. The van der Waals surface area contributed by atoms with E-state index in [0.717, 1.165) is 13.0 Å². The van der Waals surface area contributed by atoms with Crippen LogP contribution < -0.4 is 5.32 Å². The van der Waals surface area contributed by atoms with E-state index in [-0.39, 0.29) is 5.41 Å². The molecule has 1 rings (SSSR count). The molecule has 1 N–H and O–H groups in total. The van der Waals surface area contributed by atoms with Gasteiger partial charge in [-0.1, -0.05) is 62.8 Å². The van der Waals surface area contributed by atoms with E-state index < -0.39 is 0 Å². The van der Waals surface area contributed by atoms with Crippen LogP contribution in [0.15, 0.2) is 59.9 Å². The molecule has 0 fully saturated rings. The molecule has 1 aliphatic rings. The highest BCUT2D eigenvalue weighted by molar-refractivity contribution is 5.38. The van der Waals surface area contributed by atoms with Crippen molar-refractivity contribution in [1.82, 2.24) is 5.32 Å². The van der Waals surface area contributed by atoms with Crippen LogP contribution in [0.1, 0.15) is 47.0 Å². The van der Waals surface area contributed by atoms with Crippen molar-refractivity contribution in [2.24, 2.45) is 5.41 Å². The topological polar surface area (TPSA) is 12.0 Å². The molecule has 0 heterocycles. The molecule has 0 radical (unpaired) electrons. The summed E-state index contributed by atoms with van der Waals surface area (Å²) in [6.45, 7) is 13.8. The molecular weight excluding hydrogens is 242 g/mol. The molecule has 1 aliphatic carbocycles. The lowest BCUT2D eigenvalue weighted by Crippen LogP contribution is -2.21. The number of allylic oxidation sites excluding steroid dienone is 8. The summed E-state index contributed by atoms with van der Waals surface area (Å²) in [4.78, 5) is 0. The molecule has 1 heteroatoms. The molecule has 20 heavy (non-hydrogen) atoms. The summed E-state index contributed by atoms with van der Waals surface area (Å²) in [6.07, 6.45) is 16.6. The van der Waals surface area contributed by atoms with Crippen LogP contribution in [0.3, 0.4) is 0 Å². The Bertz CT molecular complexity index is 444. The first kappa shape index (κ1) is 16.6. The Morgan fingerprint density at radius 2 is 2.15 bits per heavy atom. The first-order valence-corrected chi connectivity index (χ1v) is 7.63. The van der Waals surface area contributed by atoms with Crippen molar-refractivity contribution in [2.45, 2.75) is 47.0 Å². The zero-order valence-electron chi connectivity index (χ0n) is 13.5. The van der Waals surface area contributed by atoms with Crippen molar-refractivity contribution in [3.05, 3.63) is 59.9 Å². The molecule has 0 bridgehead atoms. The Morgan fingerprint density at radius 3 is 2.65 bits per heavy atom. The summed E-state index contributed by atoms with van der Waals surface area (Å²) in [5, 5.41) is 3.48. The number of rotatable bonds is 7. The molecule has 0 aromatic rings. The lowest BCUT2D eigenvalue weighted by molar-refractivity contribution is 0.523. The van der Waals surface area contributed by atoms with E-state index in [1.54, 1.807) is 0 Å². The van der Waals surface area contributed by atoms with Crippen LogP contribution in [0.2, 0.25) is 0 Å². The maximum Gasteiger partial charge on any atom is 0.0297 e. The van der Waals surface area contributed by atoms with Gasteiger partial charge in [-0.25, -0.2) is 0 Å². The number of unbranched alkanes of at least 4 members (excludes halogenated alkanes) is 1. The molecule has 1 unspecified atom stereocenters. The first-order chi connectivity index (χ1) is 9.51. The normalized spacial score (nSPS) is 22.2. The van der Waals surface area contributed by atoms with E-state index in [0.29, 0.717) is 0 Å². The van der Waals surface area contributed by atoms with Crippen LogP contribution >= 0.6 is 0 Å². The fraction of sp³-hybridized carbons (Fsp3) is 0.474. The first-order valence-electron chi connectivity index (χ1n) is 7.63. The minimum atomic E-state index is 0.0592. The van der Waals surface area contributed by atoms with Crippen LogP contribution in [0, 0.1) is 5.41 Å². The van der Waals surface area contributed by atoms with Gasteiger partial charge in [-0.3, -0.25) is 0 Å². The fourth-order valence-electron chi connectivity index (χ4n) is 2.23. The summed E-state index contributed by atoms with van der Waals surface area (Å²) in [7, 11) is 0. The Labute approximate surface area is 124 Å². The maximum absolute atomic E-state index is 3.97. The molecule has 0 aromatic carbocycles. The second kappa shape index (κ2) is 7.94. The molecule has 1 atom stereocenters. The van der Waals surface area contributed by atoms with Crippen molar-refractivity contribution < 1.29 is 0 Å². The second-order valence-corrected chi connectivity index (χ2v) is 5.96. The summed E-state index contributed by atoms with van der Waals surface area (Å²) in [6, 6.07) is 0. The molecule has 0 aromatic heterocycles. The molecule has 0 saturated carbocycles. The number of hydrogen-bond donors (Lipinski definition) is 1. The lowest BCUT2D eigenvalue weighted by Gasteiger charge is -2.29. The van der Waals surface area contributed by atoms with Crippen molar-refractivity contribution in [1.29, 1.82) is 0 Å². The smallest absolute Gasteiger partial charge is 0.0297 e. The summed E-state index contributed by atoms with van der Waals surface area (Å²) >= 11 is 0. The summed E-state index contributed by atoms with van der Waals surface area (Å²) < 4.78 is 0. The van der Waals surface area contributed by atoms with E-state index >= 15 is 0 Å². The second-order valence-electron chi connectivity index (χ2n) is 5.96. The highest BCUT2D eigenvalue weighted by atomic mass is 14.9. The molecule has 110 valence electrons. The van der Waals surface area contributed by atoms with Gasteiger partial charge in [0.2, 0.25) is 0 Å². The quantitative estimate of drug-likeness (QED) is 0.489. The summed E-state index contributed by atoms with van der Waals surface area (Å²) in [5.41, 5.74) is 3.90. The molecule has 0 spiro atoms. The van der Waals surface area contributed by atoms with Gasteiger partial charge in [0, 0.05) is 17.7 Å². The molecule has 0 saturated heterocycles. The lowest BCUT2D eigenvalue weighted by atomic mass is 9.76. The Balaban J connectivity index is 2.74. The highest BCUT2D eigenvalue weighted by Gasteiger charge is 2.25. The van der Waals surface area contributed by atoms with E-state index in [9.17, 15) is 0 Å². The highest BCUT2D eigenvalue weighted by Crippen LogP contribution is 2.37. The minimum Gasteiger partial charge on any atom is -0.385 e. The monoisotopic (exact) mass is 271 g/mol. The zero-order valence-corrected chi connectivity index (χ0v) is 13.5. The molecule has 1 nitrogen and oxygen atoms in total. The van der Waals surface area contributed by atoms with Gasteiger partial charge >= 0.3 is 0 Å². The third kappa shape index (κ3) is 4.88. The van der Waals surface area contributed by atoms with Crippen LogP contribution in [0.25, 0.3) is 0 Å². The Hall–Kier alpha value is -1.50. The van der Waals surface area contributed by atoms with E-state index in [1.807, 2.05) is 6.08 Å². The van der Waals surface area contributed by atoms with Crippen molar-refractivity contribution >= 4 is 0 Å². The average molecular weight is 271 g/mol. The van der Waals surface area contributed by atoms with Gasteiger partial charge in [-0.2, -0.15) is 0 Å². The SMILES string of the molecule is C=C/C(=C\C=C(C)C)C1(C)C=CC(NCCCC)=CC1. The predicted octanol–water partition coefficient (Wildman–Crippen LogP) is 5.30. The van der Waals surface area contributed by atoms with Crippen LogP contribution in [0.4, 0.5) is 0 Å². The van der Waals surface area contributed by atoms with Crippen molar-refractivity contribution in [2.75, 3.05) is 6.54 Å². The number of nitrogens with one attached hydrogen (secondary N) is 1. The third-order valence-electron chi connectivity index (χ3n) is 3.71.